The first-order valence-corrected chi connectivity index (χ1v) is 12.1. The topological polar surface area (TPSA) is 70.2 Å². The molecule has 5 nitrogen and oxygen atoms in total. The maximum Gasteiger partial charge on any atom is 0.323 e. The standard InChI is InChI=1S/C25H26F2N3O2PS/c1-3-14-28-23(31)22(16(2)18-9-8-17-6-4-5-7-19(17)15-18)30-24(32)29-20-10-12-21(13-11-20)34-25(26,27)33/h4-13,15H,3,14,33H2,1-2H3,(H,28,31)(H2,29,30,32)/b22-16+. The van der Waals surface area contributed by atoms with E-state index >= 15 is 0 Å². The Hall–Kier alpha value is -2.96. The number of amides is 3. The van der Waals surface area contributed by atoms with Crippen LogP contribution in [0.15, 0.2) is 77.3 Å². The maximum atomic E-state index is 13.1. The van der Waals surface area contributed by atoms with Crippen molar-refractivity contribution in [2.24, 2.45) is 0 Å². The second-order valence-corrected chi connectivity index (χ2v) is 9.95. The molecule has 0 bridgehead atoms. The highest BCUT2D eigenvalue weighted by molar-refractivity contribution is 8.03. The van der Waals surface area contributed by atoms with Crippen LogP contribution in [0.4, 0.5) is 19.3 Å². The molecule has 3 amide bonds. The Bertz CT molecular complexity index is 1210. The summed E-state index contributed by atoms with van der Waals surface area (Å²) >= 11 is 0.394. The van der Waals surface area contributed by atoms with Crippen molar-refractivity contribution in [2.75, 3.05) is 11.9 Å². The molecule has 0 saturated carbocycles. The molecule has 0 radical (unpaired) electrons. The van der Waals surface area contributed by atoms with Gasteiger partial charge < -0.3 is 16.0 Å². The number of allylic oxidation sites excluding steroid dienone is 1. The molecule has 0 fully saturated rings. The molecule has 34 heavy (non-hydrogen) atoms. The van der Waals surface area contributed by atoms with Crippen molar-refractivity contribution < 1.29 is 18.4 Å². The molecule has 1 atom stereocenters. The van der Waals surface area contributed by atoms with E-state index < -0.39 is 16.9 Å². The summed E-state index contributed by atoms with van der Waals surface area (Å²) in [5.74, 6) is -0.392. The predicted octanol–water partition coefficient (Wildman–Crippen LogP) is 6.44. The number of anilines is 1. The van der Waals surface area contributed by atoms with Crippen LogP contribution in [0.5, 0.6) is 0 Å². The number of alkyl halides is 2. The highest BCUT2D eigenvalue weighted by Gasteiger charge is 2.23. The summed E-state index contributed by atoms with van der Waals surface area (Å²) in [4.78, 5) is 22.9. The lowest BCUT2D eigenvalue weighted by Gasteiger charge is -2.16. The van der Waals surface area contributed by atoms with E-state index in [1.54, 1.807) is 6.92 Å². The van der Waals surface area contributed by atoms with Crippen LogP contribution in [0.1, 0.15) is 25.8 Å². The molecule has 3 aromatic carbocycles. The zero-order valence-electron chi connectivity index (χ0n) is 18.8. The highest BCUT2D eigenvalue weighted by Crippen LogP contribution is 2.41. The maximum absolute atomic E-state index is 13.1. The lowest BCUT2D eigenvalue weighted by atomic mass is 10.0. The molecule has 3 aromatic rings. The molecule has 0 saturated heterocycles. The summed E-state index contributed by atoms with van der Waals surface area (Å²) < 4.78 is 26.3. The second-order valence-electron chi connectivity index (χ2n) is 7.59. The van der Waals surface area contributed by atoms with E-state index in [9.17, 15) is 18.4 Å². The SMILES string of the molecule is CCCNC(=O)/C(NC(=O)Nc1ccc(SC(F)(F)P)cc1)=C(/C)c1ccc2ccccc2c1. The van der Waals surface area contributed by atoms with E-state index in [0.717, 1.165) is 22.8 Å². The summed E-state index contributed by atoms with van der Waals surface area (Å²) in [7, 11) is 1.47. The third-order valence-corrected chi connectivity index (χ3v) is 6.06. The molecule has 1 unspecified atom stereocenters. The van der Waals surface area contributed by atoms with E-state index in [1.165, 1.54) is 33.5 Å². The number of hydrogen-bond donors (Lipinski definition) is 3. The second kappa shape index (κ2) is 11.4. The van der Waals surface area contributed by atoms with Gasteiger partial charge in [-0.2, -0.15) is 8.78 Å². The van der Waals surface area contributed by atoms with Gasteiger partial charge in [0.05, 0.1) is 0 Å². The average molecular weight is 502 g/mol. The molecular weight excluding hydrogens is 475 g/mol. The first-order chi connectivity index (χ1) is 16.2. The summed E-state index contributed by atoms with van der Waals surface area (Å²) in [6.07, 6.45) is 0.750. The summed E-state index contributed by atoms with van der Waals surface area (Å²) in [5, 5.41) is 10.2. The van der Waals surface area contributed by atoms with Crippen molar-refractivity contribution in [3.8, 4) is 0 Å². The van der Waals surface area contributed by atoms with Crippen molar-refractivity contribution in [1.82, 2.24) is 10.6 Å². The smallest absolute Gasteiger partial charge is 0.323 e. The van der Waals surface area contributed by atoms with Gasteiger partial charge >= 0.3 is 11.0 Å². The van der Waals surface area contributed by atoms with Gasteiger partial charge in [0.1, 0.15) is 5.70 Å². The monoisotopic (exact) mass is 501 g/mol. The molecule has 9 heteroatoms. The quantitative estimate of drug-likeness (QED) is 0.189. The number of thioether (sulfide) groups is 1. The van der Waals surface area contributed by atoms with E-state index in [4.69, 9.17) is 0 Å². The minimum Gasteiger partial charge on any atom is -0.351 e. The fourth-order valence-electron chi connectivity index (χ4n) is 3.25. The molecular formula is C25H26F2N3O2PS. The van der Waals surface area contributed by atoms with Gasteiger partial charge in [0, 0.05) is 17.1 Å². The highest BCUT2D eigenvalue weighted by atomic mass is 32.2. The van der Waals surface area contributed by atoms with Crippen molar-refractivity contribution in [2.45, 2.75) is 30.2 Å². The van der Waals surface area contributed by atoms with Gasteiger partial charge in [0.2, 0.25) is 0 Å². The first-order valence-electron chi connectivity index (χ1n) is 10.7. The molecule has 3 N–H and O–H groups in total. The van der Waals surface area contributed by atoms with Crippen molar-refractivity contribution >= 4 is 55.0 Å². The fourth-order valence-corrected chi connectivity index (χ4v) is 4.25. The minimum atomic E-state index is -2.97. The van der Waals surface area contributed by atoms with E-state index in [1.807, 2.05) is 49.4 Å². The Kier molecular flexibility index (Phi) is 8.64. The molecule has 0 spiro atoms. The summed E-state index contributed by atoms with van der Waals surface area (Å²) in [6, 6.07) is 19.1. The van der Waals surface area contributed by atoms with Crippen LogP contribution in [0.3, 0.4) is 0 Å². The molecule has 178 valence electrons. The van der Waals surface area contributed by atoms with Gasteiger partial charge in [-0.1, -0.05) is 43.3 Å². The Balaban J connectivity index is 1.82. The third kappa shape index (κ3) is 7.27. The largest absolute Gasteiger partial charge is 0.351 e. The van der Waals surface area contributed by atoms with Crippen LogP contribution in [-0.2, 0) is 4.79 Å². The van der Waals surface area contributed by atoms with Crippen LogP contribution >= 0.6 is 21.0 Å². The number of carbonyl (C=O) groups excluding carboxylic acids is 2. The number of urea groups is 1. The average Bonchev–Trinajstić information content (AvgIpc) is 2.80. The summed E-state index contributed by atoms with van der Waals surface area (Å²) in [6.45, 7) is 4.19. The lowest BCUT2D eigenvalue weighted by Crippen LogP contribution is -2.38. The number of fused-ring (bicyclic) bond motifs is 1. The van der Waals surface area contributed by atoms with Crippen LogP contribution in [0.2, 0.25) is 0 Å². The Morgan fingerprint density at radius 3 is 2.32 bits per heavy atom. The zero-order chi connectivity index (χ0) is 24.7. The van der Waals surface area contributed by atoms with Gasteiger partial charge in [-0.25, -0.2) is 4.79 Å². The van der Waals surface area contributed by atoms with Crippen molar-refractivity contribution in [3.05, 3.63) is 78.0 Å². The van der Waals surface area contributed by atoms with Crippen molar-refractivity contribution in [3.63, 3.8) is 0 Å². The number of nitrogens with one attached hydrogen (secondary N) is 3. The Labute approximate surface area is 204 Å². The van der Waals surface area contributed by atoms with Gasteiger partial charge in [0.15, 0.2) is 0 Å². The predicted molar refractivity (Wildman–Crippen MR) is 139 cm³/mol. The van der Waals surface area contributed by atoms with Gasteiger partial charge in [-0.3, -0.25) is 4.79 Å². The van der Waals surface area contributed by atoms with E-state index in [2.05, 4.69) is 16.0 Å². The molecule has 3 rings (SSSR count). The van der Waals surface area contributed by atoms with Gasteiger partial charge in [-0.05, 0) is 86.6 Å². The van der Waals surface area contributed by atoms with E-state index in [0.29, 0.717) is 34.5 Å². The fraction of sp³-hybridized carbons (Fsp3) is 0.200. The molecule has 0 aromatic heterocycles. The van der Waals surface area contributed by atoms with Crippen LogP contribution in [0.25, 0.3) is 16.3 Å². The van der Waals surface area contributed by atoms with E-state index in [-0.39, 0.29) is 5.70 Å². The normalized spacial score (nSPS) is 12.1. The van der Waals surface area contributed by atoms with Crippen LogP contribution in [0, 0.1) is 0 Å². The van der Waals surface area contributed by atoms with Gasteiger partial charge in [0.25, 0.3) is 5.91 Å². The van der Waals surface area contributed by atoms with Crippen molar-refractivity contribution in [1.29, 1.82) is 0 Å². The number of carbonyl (C=O) groups is 2. The molecule has 0 heterocycles. The Morgan fingerprint density at radius 2 is 1.68 bits per heavy atom. The molecule has 0 aliphatic carbocycles. The summed E-state index contributed by atoms with van der Waals surface area (Å²) in [5.41, 5.74) is 1.96. The van der Waals surface area contributed by atoms with Crippen LogP contribution < -0.4 is 16.0 Å². The first kappa shape index (κ1) is 25.7. The number of halogens is 2. The minimum absolute atomic E-state index is 0.135. The lowest BCUT2D eigenvalue weighted by molar-refractivity contribution is -0.117. The van der Waals surface area contributed by atoms with Crippen LogP contribution in [-0.4, -0.2) is 23.5 Å². The zero-order valence-corrected chi connectivity index (χ0v) is 20.8. The number of hydrogen-bond acceptors (Lipinski definition) is 3. The van der Waals surface area contributed by atoms with Gasteiger partial charge in [-0.15, -0.1) is 0 Å². The molecule has 0 aliphatic heterocycles. The molecule has 0 aliphatic rings. The third-order valence-electron chi connectivity index (χ3n) is 4.92. The Morgan fingerprint density at radius 1 is 1.00 bits per heavy atom. The number of benzene rings is 3. The number of rotatable bonds is 8.